The van der Waals surface area contributed by atoms with Gasteiger partial charge in [0.25, 0.3) is 11.6 Å². The van der Waals surface area contributed by atoms with Gasteiger partial charge in [0.2, 0.25) is 0 Å². The van der Waals surface area contributed by atoms with E-state index in [1.165, 1.54) is 25.5 Å². The molecular weight excluding hydrogens is 478 g/mol. The number of hydrazone groups is 1. The molecule has 0 radical (unpaired) electrons. The third-order valence-electron chi connectivity index (χ3n) is 4.97. The molecule has 0 aliphatic rings. The molecule has 0 aromatic heterocycles. The number of hydrogen-bond donors (Lipinski definition) is 1. The van der Waals surface area contributed by atoms with Crippen LogP contribution < -0.4 is 24.4 Å². The van der Waals surface area contributed by atoms with Crippen molar-refractivity contribution in [1.82, 2.24) is 5.43 Å². The first-order valence-corrected chi connectivity index (χ1v) is 11.3. The molecule has 0 saturated heterocycles. The number of amides is 1. The number of nitro groups is 1. The lowest BCUT2D eigenvalue weighted by molar-refractivity contribution is -0.384. The zero-order valence-electron chi connectivity index (χ0n) is 20.5. The minimum absolute atomic E-state index is 0.0151. The molecule has 1 amide bonds. The van der Waals surface area contributed by atoms with Gasteiger partial charge in [0.05, 0.1) is 24.9 Å². The number of non-ortho nitro benzene ring substituents is 1. The van der Waals surface area contributed by atoms with Crippen molar-refractivity contribution in [2.45, 2.75) is 13.5 Å². The Morgan fingerprint density at radius 3 is 2.41 bits per heavy atom. The van der Waals surface area contributed by atoms with Crippen molar-refractivity contribution >= 4 is 17.8 Å². The van der Waals surface area contributed by atoms with Crippen molar-refractivity contribution in [3.8, 4) is 23.0 Å². The average Bonchev–Trinajstić information content (AvgIpc) is 2.91. The number of nitrogens with one attached hydrogen (secondary N) is 1. The third kappa shape index (κ3) is 7.56. The number of hydrogen-bond acceptors (Lipinski definition) is 8. The van der Waals surface area contributed by atoms with Crippen molar-refractivity contribution in [2.24, 2.45) is 5.10 Å². The predicted octanol–water partition coefficient (Wildman–Crippen LogP) is 4.91. The third-order valence-corrected chi connectivity index (χ3v) is 4.97. The quantitative estimate of drug-likeness (QED) is 0.152. The highest BCUT2D eigenvalue weighted by atomic mass is 16.6. The highest BCUT2D eigenvalue weighted by Gasteiger charge is 2.12. The molecule has 3 rings (SSSR count). The molecule has 1 N–H and O–H groups in total. The molecule has 0 spiro atoms. The summed E-state index contributed by atoms with van der Waals surface area (Å²) >= 11 is 0. The lowest BCUT2D eigenvalue weighted by atomic mass is 10.2. The number of nitro benzene ring substituents is 1. The highest BCUT2D eigenvalue weighted by Crippen LogP contribution is 2.29. The van der Waals surface area contributed by atoms with E-state index in [2.05, 4.69) is 17.1 Å². The summed E-state index contributed by atoms with van der Waals surface area (Å²) < 4.78 is 22.3. The summed E-state index contributed by atoms with van der Waals surface area (Å²) in [4.78, 5) is 22.9. The van der Waals surface area contributed by atoms with Crippen molar-refractivity contribution in [3.05, 3.63) is 100 Å². The van der Waals surface area contributed by atoms with Gasteiger partial charge in [0, 0.05) is 17.7 Å². The van der Waals surface area contributed by atoms with Crippen molar-refractivity contribution in [2.75, 3.05) is 20.3 Å². The maximum absolute atomic E-state index is 12.6. The van der Waals surface area contributed by atoms with Gasteiger partial charge in [-0.25, -0.2) is 5.43 Å². The first-order valence-electron chi connectivity index (χ1n) is 11.3. The SMILES string of the molecule is C=CCOc1ccc(C(=O)N/N=C/c2ccc(OCc3ccc([N+](=O)[O-])cc3)c(OC)c2)cc1OCC. The van der Waals surface area contributed by atoms with Gasteiger partial charge in [-0.15, -0.1) is 0 Å². The van der Waals surface area contributed by atoms with Gasteiger partial charge in [-0.05, 0) is 66.6 Å². The lowest BCUT2D eigenvalue weighted by Crippen LogP contribution is -2.17. The highest BCUT2D eigenvalue weighted by molar-refractivity contribution is 5.95. The summed E-state index contributed by atoms with van der Waals surface area (Å²) in [6, 6.07) is 16.2. The molecule has 192 valence electrons. The van der Waals surface area contributed by atoms with Crippen LogP contribution >= 0.6 is 0 Å². The number of benzene rings is 3. The Bertz CT molecular complexity index is 1270. The smallest absolute Gasteiger partial charge is 0.271 e. The predicted molar refractivity (Wildman–Crippen MR) is 139 cm³/mol. The van der Waals surface area contributed by atoms with Crippen LogP contribution in [0.2, 0.25) is 0 Å². The zero-order valence-corrected chi connectivity index (χ0v) is 20.5. The van der Waals surface area contributed by atoms with E-state index in [0.29, 0.717) is 47.3 Å². The molecule has 3 aromatic rings. The average molecular weight is 506 g/mol. The molecule has 0 bridgehead atoms. The first kappa shape index (κ1) is 26.7. The molecule has 10 nitrogen and oxygen atoms in total. The Morgan fingerprint density at radius 1 is 1.00 bits per heavy atom. The van der Waals surface area contributed by atoms with E-state index in [1.807, 2.05) is 6.92 Å². The molecule has 0 aliphatic heterocycles. The van der Waals surface area contributed by atoms with Crippen molar-refractivity contribution in [1.29, 1.82) is 0 Å². The van der Waals surface area contributed by atoms with E-state index in [4.69, 9.17) is 18.9 Å². The number of nitrogens with zero attached hydrogens (tertiary/aromatic N) is 2. The molecule has 10 heteroatoms. The molecule has 0 saturated carbocycles. The summed E-state index contributed by atoms with van der Waals surface area (Å²) in [6.07, 6.45) is 3.10. The summed E-state index contributed by atoms with van der Waals surface area (Å²) in [5.41, 5.74) is 4.31. The van der Waals surface area contributed by atoms with Gasteiger partial charge in [0.1, 0.15) is 13.2 Å². The van der Waals surface area contributed by atoms with E-state index in [9.17, 15) is 14.9 Å². The van der Waals surface area contributed by atoms with Gasteiger partial charge < -0.3 is 18.9 Å². The van der Waals surface area contributed by atoms with Crippen LogP contribution in [0.15, 0.2) is 78.4 Å². The topological polar surface area (TPSA) is 122 Å². The number of carbonyl (C=O) groups is 1. The normalized spacial score (nSPS) is 10.5. The van der Waals surface area contributed by atoms with Crippen LogP contribution in [0.25, 0.3) is 0 Å². The minimum Gasteiger partial charge on any atom is -0.493 e. The van der Waals surface area contributed by atoms with Crippen LogP contribution in [0, 0.1) is 10.1 Å². The lowest BCUT2D eigenvalue weighted by Gasteiger charge is -2.12. The second-order valence-corrected chi connectivity index (χ2v) is 7.52. The van der Waals surface area contributed by atoms with Crippen LogP contribution in [-0.4, -0.2) is 37.4 Å². The Labute approximate surface area is 214 Å². The van der Waals surface area contributed by atoms with Crippen LogP contribution in [-0.2, 0) is 6.61 Å². The molecule has 0 fully saturated rings. The standard InChI is InChI=1S/C27H27N3O7/c1-4-14-36-24-13-9-21(16-26(24)35-5-2)27(31)29-28-17-20-8-12-23(25(15-20)34-3)37-18-19-6-10-22(11-7-19)30(32)33/h4,6-13,15-17H,1,5,14,18H2,2-3H3,(H,29,31)/b28-17+. The van der Waals surface area contributed by atoms with Gasteiger partial charge in [-0.3, -0.25) is 14.9 Å². The Balaban J connectivity index is 1.62. The van der Waals surface area contributed by atoms with Gasteiger partial charge in [-0.1, -0.05) is 12.7 Å². The van der Waals surface area contributed by atoms with E-state index < -0.39 is 10.8 Å². The first-order chi connectivity index (χ1) is 17.9. The number of ether oxygens (including phenoxy) is 4. The van der Waals surface area contributed by atoms with Crippen molar-refractivity contribution in [3.63, 3.8) is 0 Å². The van der Waals surface area contributed by atoms with Crippen LogP contribution in [0.5, 0.6) is 23.0 Å². The number of carbonyl (C=O) groups excluding carboxylic acids is 1. The second-order valence-electron chi connectivity index (χ2n) is 7.52. The summed E-state index contributed by atoms with van der Waals surface area (Å²) in [7, 11) is 1.51. The Morgan fingerprint density at radius 2 is 1.73 bits per heavy atom. The molecule has 0 atom stereocenters. The Hall–Kier alpha value is -4.86. The fourth-order valence-electron chi connectivity index (χ4n) is 3.17. The zero-order chi connectivity index (χ0) is 26.6. The summed E-state index contributed by atoms with van der Waals surface area (Å²) in [5.74, 6) is 1.51. The van der Waals surface area contributed by atoms with E-state index in [-0.39, 0.29) is 12.3 Å². The van der Waals surface area contributed by atoms with Gasteiger partial charge in [0.15, 0.2) is 23.0 Å². The van der Waals surface area contributed by atoms with E-state index in [1.54, 1.807) is 54.6 Å². The minimum atomic E-state index is -0.454. The molecule has 3 aromatic carbocycles. The summed E-state index contributed by atoms with van der Waals surface area (Å²) in [6.45, 7) is 6.41. The maximum atomic E-state index is 12.6. The second kappa shape index (κ2) is 13.3. The van der Waals surface area contributed by atoms with E-state index in [0.717, 1.165) is 5.56 Å². The monoisotopic (exact) mass is 505 g/mol. The molecule has 37 heavy (non-hydrogen) atoms. The molecular formula is C27H27N3O7. The summed E-state index contributed by atoms with van der Waals surface area (Å²) in [5, 5.41) is 14.8. The van der Waals surface area contributed by atoms with Crippen LogP contribution in [0.3, 0.4) is 0 Å². The molecule has 0 aliphatic carbocycles. The number of methoxy groups -OCH3 is 1. The maximum Gasteiger partial charge on any atom is 0.271 e. The molecule has 0 heterocycles. The fraction of sp³-hybridized carbons (Fsp3) is 0.185. The molecule has 0 unspecified atom stereocenters. The van der Waals surface area contributed by atoms with Crippen LogP contribution in [0.4, 0.5) is 5.69 Å². The number of rotatable bonds is 13. The van der Waals surface area contributed by atoms with E-state index >= 15 is 0 Å². The van der Waals surface area contributed by atoms with Crippen LogP contribution in [0.1, 0.15) is 28.4 Å². The fourth-order valence-corrected chi connectivity index (χ4v) is 3.17. The van der Waals surface area contributed by atoms with Gasteiger partial charge >= 0.3 is 0 Å². The van der Waals surface area contributed by atoms with Crippen molar-refractivity contribution < 1.29 is 28.7 Å². The largest absolute Gasteiger partial charge is 0.493 e. The van der Waals surface area contributed by atoms with Gasteiger partial charge in [-0.2, -0.15) is 5.10 Å². The Kier molecular flexibility index (Phi) is 9.60.